The molecule has 1 amide bonds. The average Bonchev–Trinajstić information content (AvgIpc) is 2.69. The Labute approximate surface area is 186 Å². The molecule has 6 N–H and O–H groups in total. The van der Waals surface area contributed by atoms with Crippen molar-refractivity contribution in [2.45, 2.75) is 33.7 Å². The molecule has 10 heteroatoms. The summed E-state index contributed by atoms with van der Waals surface area (Å²) in [5.41, 5.74) is 1.53. The van der Waals surface area contributed by atoms with Gasteiger partial charge < -0.3 is 26.1 Å². The van der Waals surface area contributed by atoms with Gasteiger partial charge >= 0.3 is 0 Å². The summed E-state index contributed by atoms with van der Waals surface area (Å²) in [7, 11) is 0. The standard InChI is InChI=1S/C20H26Cl2N6O2/c1-4-18(27-11-14-5-6-15(21)16(22)9-14)28-20(29)19(12(2)10-23)26-8-7-17(25)30-13(3)24/h4-6,9-10,23-27H,7-8,11H2,1-3H3,(H,28,29)/b18-4?,19-12-,23-10?,24-13?,25-17?. The highest BCUT2D eigenvalue weighted by Crippen LogP contribution is 2.22. The van der Waals surface area contributed by atoms with Crippen LogP contribution in [0.4, 0.5) is 0 Å². The van der Waals surface area contributed by atoms with Crippen molar-refractivity contribution in [1.29, 1.82) is 16.2 Å². The molecule has 8 nitrogen and oxygen atoms in total. The van der Waals surface area contributed by atoms with Gasteiger partial charge in [-0.1, -0.05) is 29.3 Å². The molecule has 0 spiro atoms. The molecule has 0 unspecified atom stereocenters. The van der Waals surface area contributed by atoms with E-state index in [0.717, 1.165) is 11.8 Å². The van der Waals surface area contributed by atoms with Crippen LogP contribution in [0.2, 0.25) is 10.0 Å². The van der Waals surface area contributed by atoms with Gasteiger partial charge in [-0.15, -0.1) is 0 Å². The summed E-state index contributed by atoms with van der Waals surface area (Å²) in [4.78, 5) is 12.7. The molecule has 30 heavy (non-hydrogen) atoms. The van der Waals surface area contributed by atoms with Gasteiger partial charge in [-0.2, -0.15) is 0 Å². The van der Waals surface area contributed by atoms with Crippen LogP contribution in [0.25, 0.3) is 0 Å². The molecule has 0 atom stereocenters. The topological polar surface area (TPSA) is 134 Å². The molecule has 1 aromatic carbocycles. The Balaban J connectivity index is 2.72. The summed E-state index contributed by atoms with van der Waals surface area (Å²) in [6.45, 7) is 5.50. The van der Waals surface area contributed by atoms with Gasteiger partial charge in [0, 0.05) is 32.6 Å². The summed E-state index contributed by atoms with van der Waals surface area (Å²) in [6, 6.07) is 5.27. The molecule has 0 saturated heterocycles. The van der Waals surface area contributed by atoms with Crippen LogP contribution in [-0.2, 0) is 16.1 Å². The maximum absolute atomic E-state index is 12.7. The predicted octanol–water partition coefficient (Wildman–Crippen LogP) is 3.95. The van der Waals surface area contributed by atoms with E-state index in [1.807, 2.05) is 6.07 Å². The number of ether oxygens (including phenoxy) is 1. The number of nitrogens with one attached hydrogen (secondary N) is 6. The number of amides is 1. The van der Waals surface area contributed by atoms with Gasteiger partial charge in [0.25, 0.3) is 5.91 Å². The molecule has 0 saturated carbocycles. The fraction of sp³-hybridized carbons (Fsp3) is 0.300. The van der Waals surface area contributed by atoms with Gasteiger partial charge in [0.2, 0.25) is 0 Å². The zero-order valence-electron chi connectivity index (χ0n) is 17.1. The van der Waals surface area contributed by atoms with Gasteiger partial charge in [0.05, 0.1) is 10.0 Å². The molecule has 0 aliphatic rings. The normalized spacial score (nSPS) is 11.8. The Morgan fingerprint density at radius 2 is 1.87 bits per heavy atom. The number of allylic oxidation sites excluding steroid dienone is 2. The quantitative estimate of drug-likeness (QED) is 0.182. The zero-order chi connectivity index (χ0) is 22.7. The summed E-state index contributed by atoms with van der Waals surface area (Å²) >= 11 is 11.9. The second-order valence-corrected chi connectivity index (χ2v) is 7.03. The fourth-order valence-corrected chi connectivity index (χ4v) is 2.58. The number of rotatable bonds is 10. The van der Waals surface area contributed by atoms with Crippen molar-refractivity contribution in [1.82, 2.24) is 16.0 Å². The van der Waals surface area contributed by atoms with Crippen LogP contribution < -0.4 is 16.0 Å². The third-order valence-electron chi connectivity index (χ3n) is 3.77. The third kappa shape index (κ3) is 8.67. The SMILES string of the molecule is CC=C(NCc1ccc(Cl)c(Cl)c1)NC(=O)/C(NCCC(=N)OC(C)=N)=C(\C)C=N. The Hall–Kier alpha value is -2.84. The summed E-state index contributed by atoms with van der Waals surface area (Å²) in [5, 5.41) is 32.0. The number of hydrogen-bond acceptors (Lipinski definition) is 7. The highest BCUT2D eigenvalue weighted by Gasteiger charge is 2.14. The van der Waals surface area contributed by atoms with E-state index in [0.29, 0.717) is 28.0 Å². The van der Waals surface area contributed by atoms with E-state index in [1.54, 1.807) is 32.1 Å². The van der Waals surface area contributed by atoms with Crippen LogP contribution in [-0.4, -0.2) is 30.5 Å². The lowest BCUT2D eigenvalue weighted by molar-refractivity contribution is -0.117. The van der Waals surface area contributed by atoms with Gasteiger partial charge in [0.1, 0.15) is 11.5 Å². The van der Waals surface area contributed by atoms with Crippen molar-refractivity contribution in [2.75, 3.05) is 6.54 Å². The van der Waals surface area contributed by atoms with Crippen LogP contribution in [0.5, 0.6) is 0 Å². The van der Waals surface area contributed by atoms with E-state index in [9.17, 15) is 4.79 Å². The molecule has 1 aromatic rings. The number of benzene rings is 1. The summed E-state index contributed by atoms with van der Waals surface area (Å²) < 4.78 is 4.88. The van der Waals surface area contributed by atoms with E-state index < -0.39 is 5.91 Å². The fourth-order valence-electron chi connectivity index (χ4n) is 2.26. The van der Waals surface area contributed by atoms with Gasteiger partial charge in [0.15, 0.2) is 11.8 Å². The van der Waals surface area contributed by atoms with Crippen LogP contribution in [0.1, 0.15) is 32.8 Å². The van der Waals surface area contributed by atoms with Gasteiger partial charge in [-0.3, -0.25) is 15.6 Å². The van der Waals surface area contributed by atoms with Crippen molar-refractivity contribution in [3.8, 4) is 0 Å². The Morgan fingerprint density at radius 3 is 2.43 bits per heavy atom. The second kappa shape index (κ2) is 12.7. The van der Waals surface area contributed by atoms with Crippen molar-refractivity contribution in [2.24, 2.45) is 0 Å². The van der Waals surface area contributed by atoms with E-state index in [1.165, 1.54) is 6.92 Å². The van der Waals surface area contributed by atoms with E-state index in [-0.39, 0.29) is 30.5 Å². The van der Waals surface area contributed by atoms with Crippen LogP contribution in [0.3, 0.4) is 0 Å². The first-order valence-electron chi connectivity index (χ1n) is 9.09. The molecular weight excluding hydrogens is 427 g/mol. The summed E-state index contributed by atoms with van der Waals surface area (Å²) in [6.07, 6.45) is 2.97. The molecule has 0 heterocycles. The first-order chi connectivity index (χ1) is 14.2. The van der Waals surface area contributed by atoms with Crippen LogP contribution in [0.15, 0.2) is 41.4 Å². The molecule has 0 aliphatic carbocycles. The molecule has 0 bridgehead atoms. The average molecular weight is 453 g/mol. The van der Waals surface area contributed by atoms with Crippen LogP contribution in [0, 0.1) is 16.2 Å². The molecule has 0 radical (unpaired) electrons. The van der Waals surface area contributed by atoms with Crippen molar-refractivity contribution in [3.05, 3.63) is 57.0 Å². The Morgan fingerprint density at radius 1 is 1.17 bits per heavy atom. The van der Waals surface area contributed by atoms with E-state index in [2.05, 4.69) is 16.0 Å². The lowest BCUT2D eigenvalue weighted by Crippen LogP contribution is -2.37. The molecule has 0 aromatic heterocycles. The highest BCUT2D eigenvalue weighted by atomic mass is 35.5. The number of carbonyl (C=O) groups excluding carboxylic acids is 1. The number of halogens is 2. The monoisotopic (exact) mass is 452 g/mol. The van der Waals surface area contributed by atoms with Gasteiger partial charge in [-0.25, -0.2) is 0 Å². The largest absolute Gasteiger partial charge is 0.430 e. The second-order valence-electron chi connectivity index (χ2n) is 6.22. The number of hydrogen-bond donors (Lipinski definition) is 6. The third-order valence-corrected chi connectivity index (χ3v) is 4.51. The van der Waals surface area contributed by atoms with Crippen molar-refractivity contribution < 1.29 is 9.53 Å². The van der Waals surface area contributed by atoms with E-state index in [4.69, 9.17) is 44.2 Å². The minimum Gasteiger partial charge on any atom is -0.430 e. The zero-order valence-corrected chi connectivity index (χ0v) is 18.6. The molecular formula is C20H26Cl2N6O2. The first kappa shape index (κ1) is 25.2. The maximum atomic E-state index is 12.7. The lowest BCUT2D eigenvalue weighted by Gasteiger charge is -2.16. The lowest BCUT2D eigenvalue weighted by atomic mass is 10.2. The molecule has 0 fully saturated rings. The van der Waals surface area contributed by atoms with E-state index >= 15 is 0 Å². The van der Waals surface area contributed by atoms with Crippen molar-refractivity contribution in [3.63, 3.8) is 0 Å². The Bertz CT molecular complexity index is 880. The highest BCUT2D eigenvalue weighted by molar-refractivity contribution is 6.42. The molecule has 0 aliphatic heterocycles. The maximum Gasteiger partial charge on any atom is 0.273 e. The molecule has 1 rings (SSSR count). The minimum absolute atomic E-state index is 0.0741. The number of carbonyl (C=O) groups is 1. The molecule has 162 valence electrons. The summed E-state index contributed by atoms with van der Waals surface area (Å²) in [5.74, 6) is -0.102. The first-order valence-corrected chi connectivity index (χ1v) is 9.84. The Kier molecular flexibility index (Phi) is 10.6. The van der Waals surface area contributed by atoms with Gasteiger partial charge in [-0.05, 0) is 43.2 Å². The van der Waals surface area contributed by atoms with Crippen LogP contribution >= 0.6 is 23.2 Å². The van der Waals surface area contributed by atoms with Crippen molar-refractivity contribution >= 4 is 47.1 Å². The predicted molar refractivity (Wildman–Crippen MR) is 122 cm³/mol. The minimum atomic E-state index is -0.429. The smallest absolute Gasteiger partial charge is 0.273 e.